The van der Waals surface area contributed by atoms with Crippen LogP contribution in [0.15, 0.2) is 18.3 Å². The van der Waals surface area contributed by atoms with E-state index in [1.807, 2.05) is 52.9 Å². The molecule has 0 amide bonds. The molecule has 1 aromatic heterocycles. The maximum atomic E-state index is 11.8. The number of hydrogen-bond acceptors (Lipinski definition) is 4. The van der Waals surface area contributed by atoms with E-state index in [4.69, 9.17) is 0 Å². The monoisotopic (exact) mass is 313 g/mol. The molecule has 2 atom stereocenters. The Labute approximate surface area is 129 Å². The summed E-state index contributed by atoms with van der Waals surface area (Å²) in [5, 5.41) is 0. The van der Waals surface area contributed by atoms with Crippen molar-refractivity contribution < 1.29 is 8.42 Å². The van der Waals surface area contributed by atoms with Crippen LogP contribution in [-0.4, -0.2) is 49.1 Å². The molecule has 2 heterocycles. The molecule has 1 aliphatic rings. The summed E-state index contributed by atoms with van der Waals surface area (Å²) in [6.45, 7) is 11.2. The summed E-state index contributed by atoms with van der Waals surface area (Å²) >= 11 is 0. The number of sulfonamides is 1. The largest absolute Gasteiger partial charge is 0.353 e. The van der Waals surface area contributed by atoms with Crippen molar-refractivity contribution in [2.24, 2.45) is 0 Å². The molecule has 0 aliphatic carbocycles. The van der Waals surface area contributed by atoms with Gasteiger partial charge in [-0.2, -0.15) is 4.31 Å². The normalized spacial score (nSPS) is 23.4. The van der Waals surface area contributed by atoms with E-state index in [0.717, 1.165) is 11.4 Å². The van der Waals surface area contributed by atoms with Gasteiger partial charge in [0.05, 0.1) is 6.26 Å². The number of aryl methyl sites for hydroxylation is 1. The lowest BCUT2D eigenvalue weighted by atomic mass is 10.1. The molecule has 5 nitrogen and oxygen atoms in total. The van der Waals surface area contributed by atoms with Crippen molar-refractivity contribution in [2.45, 2.75) is 46.7 Å². The van der Waals surface area contributed by atoms with Gasteiger partial charge in [0.2, 0.25) is 10.0 Å². The van der Waals surface area contributed by atoms with E-state index < -0.39 is 10.0 Å². The second-order valence-corrected chi connectivity index (χ2v) is 7.28. The second-order valence-electron chi connectivity index (χ2n) is 5.39. The number of rotatable bonds is 2. The number of hydrogen-bond donors (Lipinski definition) is 0. The molecule has 6 heteroatoms. The number of aromatic nitrogens is 1. The highest BCUT2D eigenvalue weighted by Crippen LogP contribution is 2.22. The van der Waals surface area contributed by atoms with E-state index in [2.05, 4.69) is 9.88 Å². The Kier molecular flexibility index (Phi) is 6.16. The fourth-order valence-corrected chi connectivity index (χ4v) is 4.24. The highest BCUT2D eigenvalue weighted by Gasteiger charge is 2.35. The molecule has 1 saturated heterocycles. The van der Waals surface area contributed by atoms with Crippen molar-refractivity contribution in [1.29, 1.82) is 0 Å². The molecular weight excluding hydrogens is 286 g/mol. The summed E-state index contributed by atoms with van der Waals surface area (Å²) in [7, 11) is -3.15. The van der Waals surface area contributed by atoms with E-state index in [9.17, 15) is 8.42 Å². The zero-order valence-corrected chi connectivity index (χ0v) is 14.7. The minimum absolute atomic E-state index is 0.0400. The van der Waals surface area contributed by atoms with E-state index in [1.54, 1.807) is 4.31 Å². The maximum absolute atomic E-state index is 11.8. The van der Waals surface area contributed by atoms with Gasteiger partial charge in [-0.3, -0.25) is 0 Å². The first-order chi connectivity index (χ1) is 9.79. The predicted molar refractivity (Wildman–Crippen MR) is 88.1 cm³/mol. The molecule has 0 radical (unpaired) electrons. The number of nitrogens with zero attached hydrogens (tertiary/aromatic N) is 3. The van der Waals surface area contributed by atoms with Gasteiger partial charge in [0, 0.05) is 31.4 Å². The van der Waals surface area contributed by atoms with E-state index in [-0.39, 0.29) is 12.1 Å². The summed E-state index contributed by atoms with van der Waals surface area (Å²) in [6, 6.07) is 3.94. The third kappa shape index (κ3) is 4.41. The molecule has 1 aromatic rings. The quantitative estimate of drug-likeness (QED) is 0.840. The van der Waals surface area contributed by atoms with E-state index in [1.165, 1.54) is 6.26 Å². The van der Waals surface area contributed by atoms with Crippen molar-refractivity contribution in [3.05, 3.63) is 23.9 Å². The summed E-state index contributed by atoms with van der Waals surface area (Å²) in [6.07, 6.45) is 3.12. The minimum Gasteiger partial charge on any atom is -0.353 e. The Balaban J connectivity index is 0.00000106. The zero-order valence-electron chi connectivity index (χ0n) is 13.9. The molecule has 1 fully saturated rings. The number of piperazine rings is 1. The highest BCUT2D eigenvalue weighted by atomic mass is 32.2. The molecule has 2 rings (SSSR count). The van der Waals surface area contributed by atoms with E-state index in [0.29, 0.717) is 13.1 Å². The molecule has 0 saturated carbocycles. The molecule has 0 spiro atoms. The Morgan fingerprint density at radius 3 is 2.05 bits per heavy atom. The number of pyridine rings is 1. The molecule has 120 valence electrons. The molecule has 2 unspecified atom stereocenters. The lowest BCUT2D eigenvalue weighted by molar-refractivity contribution is 0.242. The van der Waals surface area contributed by atoms with Crippen molar-refractivity contribution >= 4 is 15.8 Å². The van der Waals surface area contributed by atoms with Crippen LogP contribution in [0.5, 0.6) is 0 Å². The van der Waals surface area contributed by atoms with Gasteiger partial charge in [-0.1, -0.05) is 19.9 Å². The van der Waals surface area contributed by atoms with Crippen LogP contribution >= 0.6 is 0 Å². The van der Waals surface area contributed by atoms with Crippen LogP contribution in [0.2, 0.25) is 0 Å². The van der Waals surface area contributed by atoms with Crippen molar-refractivity contribution in [2.75, 3.05) is 24.2 Å². The summed E-state index contributed by atoms with van der Waals surface area (Å²) < 4.78 is 25.2. The fourth-order valence-electron chi connectivity index (χ4n) is 2.80. The van der Waals surface area contributed by atoms with Crippen LogP contribution in [0, 0.1) is 6.92 Å². The molecular formula is C15H27N3O2S. The van der Waals surface area contributed by atoms with Crippen molar-refractivity contribution in [3.8, 4) is 0 Å². The zero-order chi connectivity index (χ0) is 16.2. The van der Waals surface area contributed by atoms with Gasteiger partial charge < -0.3 is 4.90 Å². The fraction of sp³-hybridized carbons (Fsp3) is 0.667. The van der Waals surface area contributed by atoms with Crippen LogP contribution in [0.1, 0.15) is 33.3 Å². The van der Waals surface area contributed by atoms with Gasteiger partial charge in [-0.25, -0.2) is 13.4 Å². The molecule has 1 aliphatic heterocycles. The third-order valence-electron chi connectivity index (χ3n) is 3.44. The Morgan fingerprint density at radius 2 is 1.67 bits per heavy atom. The van der Waals surface area contributed by atoms with Crippen molar-refractivity contribution in [1.82, 2.24) is 9.29 Å². The van der Waals surface area contributed by atoms with Gasteiger partial charge in [-0.15, -0.1) is 0 Å². The average molecular weight is 313 g/mol. The Bertz CT molecular complexity index is 531. The van der Waals surface area contributed by atoms with Crippen LogP contribution in [-0.2, 0) is 10.0 Å². The first-order valence-corrected chi connectivity index (χ1v) is 9.30. The van der Waals surface area contributed by atoms with Gasteiger partial charge in [0.1, 0.15) is 5.82 Å². The second kappa shape index (κ2) is 7.22. The van der Waals surface area contributed by atoms with E-state index >= 15 is 0 Å². The molecule has 21 heavy (non-hydrogen) atoms. The SMILES string of the molecule is CC.Cc1ccc(N2CC(C)N(S(C)(=O)=O)C(C)C2)nc1. The van der Waals surface area contributed by atoms with Gasteiger partial charge in [0.15, 0.2) is 0 Å². The van der Waals surface area contributed by atoms with Crippen LogP contribution in [0.4, 0.5) is 5.82 Å². The van der Waals surface area contributed by atoms with Crippen LogP contribution in [0.3, 0.4) is 0 Å². The summed E-state index contributed by atoms with van der Waals surface area (Å²) in [5.74, 6) is 0.914. The molecule has 0 aromatic carbocycles. The molecule has 0 bridgehead atoms. The lowest BCUT2D eigenvalue weighted by Crippen LogP contribution is -2.58. The third-order valence-corrected chi connectivity index (χ3v) is 4.93. The van der Waals surface area contributed by atoms with Crippen molar-refractivity contribution in [3.63, 3.8) is 0 Å². The minimum atomic E-state index is -3.15. The Hall–Kier alpha value is -1.14. The predicted octanol–water partition coefficient (Wildman–Crippen LogP) is 2.27. The molecule has 0 N–H and O–H groups in total. The van der Waals surface area contributed by atoms with Gasteiger partial charge >= 0.3 is 0 Å². The van der Waals surface area contributed by atoms with Gasteiger partial charge in [0.25, 0.3) is 0 Å². The summed E-state index contributed by atoms with van der Waals surface area (Å²) in [4.78, 5) is 6.57. The first-order valence-electron chi connectivity index (χ1n) is 7.45. The van der Waals surface area contributed by atoms with Crippen LogP contribution < -0.4 is 4.90 Å². The Morgan fingerprint density at radius 1 is 1.14 bits per heavy atom. The lowest BCUT2D eigenvalue weighted by Gasteiger charge is -2.43. The highest BCUT2D eigenvalue weighted by molar-refractivity contribution is 7.88. The standard InChI is InChI=1S/C13H21N3O2S.C2H6/c1-10-5-6-13(14-7-10)15-8-11(2)16(12(3)9-15)19(4,17)18;1-2/h5-7,11-12H,8-9H2,1-4H3;1-2H3. The first kappa shape index (κ1) is 17.9. The maximum Gasteiger partial charge on any atom is 0.211 e. The smallest absolute Gasteiger partial charge is 0.211 e. The summed E-state index contributed by atoms with van der Waals surface area (Å²) in [5.41, 5.74) is 1.12. The topological polar surface area (TPSA) is 53.5 Å². The number of anilines is 1. The van der Waals surface area contributed by atoms with Gasteiger partial charge in [-0.05, 0) is 32.4 Å². The average Bonchev–Trinajstić information content (AvgIpc) is 2.39. The van der Waals surface area contributed by atoms with Crippen LogP contribution in [0.25, 0.3) is 0 Å².